The number of pyridine rings is 1. The summed E-state index contributed by atoms with van der Waals surface area (Å²) in [5, 5.41) is 13.7. The van der Waals surface area contributed by atoms with Gasteiger partial charge in [0, 0.05) is 17.5 Å². The standard InChI is InChI=1S/C24H18N2O3/c27-21-12-11-15-6-5-13-25-22(15)23(21)26-24(28)29-14-20-18-9-3-1-7-16(18)17-8-2-4-10-19(17)20/h1-13,20,27H,14H2,(H,26,28). The second-order valence-corrected chi connectivity index (χ2v) is 6.99. The zero-order valence-corrected chi connectivity index (χ0v) is 15.5. The Labute approximate surface area is 167 Å². The third-order valence-electron chi connectivity index (χ3n) is 5.32. The molecule has 2 N–H and O–H groups in total. The van der Waals surface area contributed by atoms with Crippen molar-refractivity contribution >= 4 is 22.7 Å². The van der Waals surface area contributed by atoms with E-state index >= 15 is 0 Å². The van der Waals surface area contributed by atoms with Crippen molar-refractivity contribution < 1.29 is 14.6 Å². The van der Waals surface area contributed by atoms with Crippen LogP contribution in [-0.2, 0) is 4.74 Å². The van der Waals surface area contributed by atoms with E-state index in [1.807, 2.05) is 30.3 Å². The maximum atomic E-state index is 12.5. The lowest BCUT2D eigenvalue weighted by Gasteiger charge is -2.15. The summed E-state index contributed by atoms with van der Waals surface area (Å²) in [7, 11) is 0. The number of carbonyl (C=O) groups excluding carboxylic acids is 1. The van der Waals surface area contributed by atoms with Gasteiger partial charge in [-0.3, -0.25) is 10.3 Å². The number of hydrogen-bond donors (Lipinski definition) is 2. The predicted molar refractivity (Wildman–Crippen MR) is 112 cm³/mol. The van der Waals surface area contributed by atoms with Gasteiger partial charge in [-0.1, -0.05) is 54.6 Å². The highest BCUT2D eigenvalue weighted by atomic mass is 16.5. The molecule has 0 atom stereocenters. The topological polar surface area (TPSA) is 71.5 Å². The van der Waals surface area contributed by atoms with Crippen molar-refractivity contribution in [2.45, 2.75) is 5.92 Å². The number of benzene rings is 3. The van der Waals surface area contributed by atoms with E-state index in [1.54, 1.807) is 18.3 Å². The van der Waals surface area contributed by atoms with E-state index in [4.69, 9.17) is 4.74 Å². The molecule has 1 aromatic heterocycles. The van der Waals surface area contributed by atoms with E-state index in [9.17, 15) is 9.90 Å². The average molecular weight is 382 g/mol. The van der Waals surface area contributed by atoms with Crippen LogP contribution in [0.4, 0.5) is 10.5 Å². The Bertz CT molecular complexity index is 1190. The Morgan fingerprint density at radius 3 is 2.34 bits per heavy atom. The Balaban J connectivity index is 1.38. The van der Waals surface area contributed by atoms with E-state index in [1.165, 1.54) is 17.2 Å². The number of ether oxygens (including phenoxy) is 1. The molecule has 1 heterocycles. The SMILES string of the molecule is O=C(Nc1c(O)ccc2cccnc12)OCC1c2ccccc2-c2ccccc21. The third-order valence-corrected chi connectivity index (χ3v) is 5.32. The maximum absolute atomic E-state index is 12.5. The fourth-order valence-corrected chi connectivity index (χ4v) is 3.99. The Morgan fingerprint density at radius 1 is 0.931 bits per heavy atom. The van der Waals surface area contributed by atoms with Crippen LogP contribution in [0.5, 0.6) is 5.75 Å². The first-order valence-corrected chi connectivity index (χ1v) is 9.41. The molecule has 5 rings (SSSR count). The molecule has 5 nitrogen and oxygen atoms in total. The maximum Gasteiger partial charge on any atom is 0.411 e. The molecule has 1 aliphatic carbocycles. The number of aromatic nitrogens is 1. The second kappa shape index (κ2) is 6.95. The van der Waals surface area contributed by atoms with E-state index < -0.39 is 6.09 Å². The number of rotatable bonds is 3. The first-order valence-electron chi connectivity index (χ1n) is 9.41. The quantitative estimate of drug-likeness (QED) is 0.472. The van der Waals surface area contributed by atoms with Gasteiger partial charge in [-0.25, -0.2) is 4.79 Å². The van der Waals surface area contributed by atoms with Crippen molar-refractivity contribution in [3.63, 3.8) is 0 Å². The number of hydrogen-bond acceptors (Lipinski definition) is 4. The molecule has 1 amide bonds. The monoisotopic (exact) mass is 382 g/mol. The number of carbonyl (C=O) groups is 1. The summed E-state index contributed by atoms with van der Waals surface area (Å²) < 4.78 is 5.56. The summed E-state index contributed by atoms with van der Waals surface area (Å²) in [5.41, 5.74) is 5.41. The molecule has 29 heavy (non-hydrogen) atoms. The van der Waals surface area contributed by atoms with Gasteiger partial charge >= 0.3 is 6.09 Å². The zero-order valence-electron chi connectivity index (χ0n) is 15.5. The summed E-state index contributed by atoms with van der Waals surface area (Å²) in [6.07, 6.45) is 0.991. The number of aromatic hydroxyl groups is 1. The van der Waals surface area contributed by atoms with Gasteiger partial charge in [-0.2, -0.15) is 0 Å². The molecule has 0 saturated carbocycles. The fraction of sp³-hybridized carbons (Fsp3) is 0.0833. The number of nitrogens with one attached hydrogen (secondary N) is 1. The second-order valence-electron chi connectivity index (χ2n) is 6.99. The van der Waals surface area contributed by atoms with Gasteiger partial charge in [0.05, 0.1) is 5.52 Å². The first-order chi connectivity index (χ1) is 14.2. The molecule has 0 unspecified atom stereocenters. The van der Waals surface area contributed by atoms with Crippen LogP contribution in [0.3, 0.4) is 0 Å². The lowest BCUT2D eigenvalue weighted by atomic mass is 9.98. The van der Waals surface area contributed by atoms with E-state index in [0.29, 0.717) is 5.52 Å². The summed E-state index contributed by atoms with van der Waals surface area (Å²) in [6, 6.07) is 23.3. The van der Waals surface area contributed by atoms with E-state index in [2.05, 4.69) is 34.6 Å². The fourth-order valence-electron chi connectivity index (χ4n) is 3.99. The molecule has 142 valence electrons. The van der Waals surface area contributed by atoms with Crippen LogP contribution in [0.25, 0.3) is 22.0 Å². The van der Waals surface area contributed by atoms with Crippen LogP contribution in [0.2, 0.25) is 0 Å². The largest absolute Gasteiger partial charge is 0.506 e. The molecular formula is C24H18N2O3. The first kappa shape index (κ1) is 17.3. The minimum absolute atomic E-state index is 0.0209. The van der Waals surface area contributed by atoms with Gasteiger partial charge in [0.15, 0.2) is 0 Å². The molecule has 4 aromatic rings. The van der Waals surface area contributed by atoms with E-state index in [-0.39, 0.29) is 24.0 Å². The number of nitrogens with zero attached hydrogens (tertiary/aromatic N) is 1. The summed E-state index contributed by atoms with van der Waals surface area (Å²) in [5.74, 6) is -0.0721. The molecule has 0 radical (unpaired) electrons. The highest BCUT2D eigenvalue weighted by Crippen LogP contribution is 2.44. The number of phenolic OH excluding ortho intramolecular Hbond substituents is 1. The Morgan fingerprint density at radius 2 is 1.62 bits per heavy atom. The summed E-state index contributed by atoms with van der Waals surface area (Å²) >= 11 is 0. The minimum atomic E-state index is -0.625. The summed E-state index contributed by atoms with van der Waals surface area (Å²) in [4.78, 5) is 16.8. The van der Waals surface area contributed by atoms with Crippen LogP contribution < -0.4 is 5.32 Å². The molecule has 0 saturated heterocycles. The molecule has 0 aliphatic heterocycles. The molecule has 0 spiro atoms. The smallest absolute Gasteiger partial charge is 0.411 e. The predicted octanol–water partition coefficient (Wildman–Crippen LogP) is 5.30. The summed E-state index contributed by atoms with van der Waals surface area (Å²) in [6.45, 7) is 0.207. The normalized spacial score (nSPS) is 12.4. The van der Waals surface area contributed by atoms with Gasteiger partial charge in [-0.15, -0.1) is 0 Å². The van der Waals surface area contributed by atoms with Crippen molar-refractivity contribution in [1.82, 2.24) is 4.98 Å². The molecule has 5 heteroatoms. The van der Waals surface area contributed by atoms with Crippen LogP contribution in [-0.4, -0.2) is 22.8 Å². The van der Waals surface area contributed by atoms with Crippen molar-refractivity contribution in [1.29, 1.82) is 0 Å². The number of fused-ring (bicyclic) bond motifs is 4. The highest BCUT2D eigenvalue weighted by Gasteiger charge is 2.29. The van der Waals surface area contributed by atoms with Gasteiger partial charge < -0.3 is 9.84 Å². The van der Waals surface area contributed by atoms with Crippen molar-refractivity contribution in [3.8, 4) is 16.9 Å². The van der Waals surface area contributed by atoms with Gasteiger partial charge in [0.1, 0.15) is 18.0 Å². The molecule has 0 bridgehead atoms. The number of anilines is 1. The number of phenols is 1. The Kier molecular flexibility index (Phi) is 4.13. The Hall–Kier alpha value is -3.86. The molecule has 1 aliphatic rings. The molecule has 3 aromatic carbocycles. The number of amides is 1. The molecule has 0 fully saturated rings. The van der Waals surface area contributed by atoms with Crippen LogP contribution in [0, 0.1) is 0 Å². The minimum Gasteiger partial charge on any atom is -0.506 e. The van der Waals surface area contributed by atoms with Crippen LogP contribution in [0.15, 0.2) is 79.0 Å². The van der Waals surface area contributed by atoms with Gasteiger partial charge in [-0.05, 0) is 40.5 Å². The van der Waals surface area contributed by atoms with Crippen molar-refractivity contribution in [2.24, 2.45) is 0 Å². The van der Waals surface area contributed by atoms with Gasteiger partial charge in [0.25, 0.3) is 0 Å². The van der Waals surface area contributed by atoms with E-state index in [0.717, 1.165) is 16.5 Å². The third kappa shape index (κ3) is 2.97. The lowest BCUT2D eigenvalue weighted by molar-refractivity contribution is 0.158. The average Bonchev–Trinajstić information content (AvgIpc) is 3.08. The highest BCUT2D eigenvalue weighted by molar-refractivity contribution is 6.00. The zero-order chi connectivity index (χ0) is 19.8. The van der Waals surface area contributed by atoms with Crippen molar-refractivity contribution in [3.05, 3.63) is 90.1 Å². The van der Waals surface area contributed by atoms with Crippen molar-refractivity contribution in [2.75, 3.05) is 11.9 Å². The molecular weight excluding hydrogens is 364 g/mol. The lowest BCUT2D eigenvalue weighted by Crippen LogP contribution is -2.18. The van der Waals surface area contributed by atoms with Crippen LogP contribution in [0.1, 0.15) is 17.0 Å². The van der Waals surface area contributed by atoms with Gasteiger partial charge in [0.2, 0.25) is 0 Å². The van der Waals surface area contributed by atoms with Crippen LogP contribution >= 0.6 is 0 Å².